The minimum atomic E-state index is -0.151. The number of nitrogens with one attached hydrogen (secondary N) is 2. The molecule has 5 heteroatoms. The Balaban J connectivity index is 1.51. The predicted octanol–water partition coefficient (Wildman–Crippen LogP) is 2.70. The van der Waals surface area contributed by atoms with Gasteiger partial charge in [0.15, 0.2) is 0 Å². The van der Waals surface area contributed by atoms with Crippen LogP contribution in [0.1, 0.15) is 36.5 Å². The molecule has 5 nitrogen and oxygen atoms in total. The number of aliphatic hydroxyl groups is 1. The van der Waals surface area contributed by atoms with Crippen LogP contribution < -0.4 is 10.6 Å². The van der Waals surface area contributed by atoms with Gasteiger partial charge in [0.2, 0.25) is 0 Å². The average molecular weight is 344 g/mol. The average Bonchev–Trinajstić information content (AvgIpc) is 3.08. The Morgan fingerprint density at radius 3 is 2.80 bits per heavy atom. The maximum Gasteiger partial charge on any atom is 0.315 e. The third-order valence-corrected chi connectivity index (χ3v) is 5.10. The molecule has 2 amide bonds. The molecule has 136 valence electrons. The quantitative estimate of drug-likeness (QED) is 0.719. The molecule has 1 aliphatic heterocycles. The van der Waals surface area contributed by atoms with Gasteiger partial charge in [-0.25, -0.2) is 4.79 Å². The maximum atomic E-state index is 12.2. The molecule has 1 aliphatic carbocycles. The van der Waals surface area contributed by atoms with Crippen molar-refractivity contribution in [2.45, 2.75) is 38.3 Å². The number of aryl methyl sites for hydroxylation is 1. The van der Waals surface area contributed by atoms with Gasteiger partial charge in [-0.1, -0.05) is 42.0 Å². The van der Waals surface area contributed by atoms with Crippen LogP contribution in [0, 0.1) is 18.8 Å². The maximum absolute atomic E-state index is 12.2. The van der Waals surface area contributed by atoms with E-state index in [1.54, 1.807) is 0 Å². The van der Waals surface area contributed by atoms with E-state index in [1.807, 2.05) is 12.2 Å². The number of ether oxygens (including phenoxy) is 1. The molecular weight excluding hydrogens is 316 g/mol. The van der Waals surface area contributed by atoms with Crippen molar-refractivity contribution in [1.29, 1.82) is 0 Å². The predicted molar refractivity (Wildman–Crippen MR) is 97.3 cm³/mol. The molecule has 1 aromatic rings. The van der Waals surface area contributed by atoms with Gasteiger partial charge in [-0.2, -0.15) is 0 Å². The fraction of sp³-hybridized carbons (Fsp3) is 0.550. The Bertz CT molecular complexity index is 599. The summed E-state index contributed by atoms with van der Waals surface area (Å²) in [7, 11) is 0. The molecule has 2 aliphatic rings. The molecule has 0 radical (unpaired) electrons. The van der Waals surface area contributed by atoms with Crippen molar-refractivity contribution in [3.05, 3.63) is 47.5 Å². The molecule has 3 rings (SSSR count). The van der Waals surface area contributed by atoms with Crippen molar-refractivity contribution < 1.29 is 14.6 Å². The number of aliphatic hydroxyl groups excluding tert-OH is 1. The third kappa shape index (κ3) is 4.83. The summed E-state index contributed by atoms with van der Waals surface area (Å²) in [6, 6.07) is 8.31. The van der Waals surface area contributed by atoms with Crippen LogP contribution in [0.15, 0.2) is 36.4 Å². The van der Waals surface area contributed by atoms with Gasteiger partial charge in [0, 0.05) is 37.6 Å². The molecular formula is C20H28N2O3. The van der Waals surface area contributed by atoms with Crippen LogP contribution in [-0.2, 0) is 4.74 Å². The van der Waals surface area contributed by atoms with Gasteiger partial charge < -0.3 is 20.5 Å². The van der Waals surface area contributed by atoms with Crippen molar-refractivity contribution in [3.8, 4) is 0 Å². The molecule has 0 unspecified atom stereocenters. The fourth-order valence-electron chi connectivity index (χ4n) is 3.64. The number of rotatable bonds is 5. The number of benzene rings is 1. The zero-order valence-corrected chi connectivity index (χ0v) is 14.8. The van der Waals surface area contributed by atoms with Crippen LogP contribution in [0.25, 0.3) is 0 Å². The Labute approximate surface area is 149 Å². The van der Waals surface area contributed by atoms with Crippen molar-refractivity contribution in [2.75, 3.05) is 19.8 Å². The fourth-order valence-corrected chi connectivity index (χ4v) is 3.64. The molecule has 4 atom stereocenters. The van der Waals surface area contributed by atoms with Gasteiger partial charge in [-0.3, -0.25) is 0 Å². The first-order chi connectivity index (χ1) is 12.2. The molecule has 0 bridgehead atoms. The van der Waals surface area contributed by atoms with Crippen LogP contribution in [0.4, 0.5) is 4.79 Å². The summed E-state index contributed by atoms with van der Waals surface area (Å²) in [6.45, 7) is 3.59. The highest BCUT2D eigenvalue weighted by molar-refractivity contribution is 5.74. The number of hydrogen-bond donors (Lipinski definition) is 3. The summed E-state index contributed by atoms with van der Waals surface area (Å²) >= 11 is 0. The Kier molecular flexibility index (Phi) is 6.10. The van der Waals surface area contributed by atoms with E-state index in [0.29, 0.717) is 6.54 Å². The molecule has 1 aromatic carbocycles. The Morgan fingerprint density at radius 2 is 2.08 bits per heavy atom. The van der Waals surface area contributed by atoms with E-state index in [-0.39, 0.29) is 36.6 Å². The van der Waals surface area contributed by atoms with E-state index in [0.717, 1.165) is 25.9 Å². The molecule has 25 heavy (non-hydrogen) atoms. The molecule has 1 saturated heterocycles. The Morgan fingerprint density at radius 1 is 1.28 bits per heavy atom. The zero-order valence-electron chi connectivity index (χ0n) is 14.8. The van der Waals surface area contributed by atoms with Crippen molar-refractivity contribution in [3.63, 3.8) is 0 Å². The summed E-state index contributed by atoms with van der Waals surface area (Å²) in [5.74, 6) is 0.439. The smallest absolute Gasteiger partial charge is 0.315 e. The van der Waals surface area contributed by atoms with Crippen LogP contribution in [0.2, 0.25) is 0 Å². The molecule has 1 heterocycles. The highest BCUT2D eigenvalue weighted by atomic mass is 16.5. The summed E-state index contributed by atoms with van der Waals surface area (Å²) < 4.78 is 6.00. The lowest BCUT2D eigenvalue weighted by molar-refractivity contribution is -0.0269. The summed E-state index contributed by atoms with van der Waals surface area (Å²) in [5.41, 5.74) is 2.42. The minimum absolute atomic E-state index is 0.00708. The topological polar surface area (TPSA) is 70.6 Å². The summed E-state index contributed by atoms with van der Waals surface area (Å²) in [4.78, 5) is 12.2. The SMILES string of the molecule is Cc1ccc([C@@H]2OCCC[C@@H]2CNC(=O)N[C@@H]2C=C[C@H](CO)C2)cc1. The summed E-state index contributed by atoms with van der Waals surface area (Å²) in [5, 5.41) is 15.1. The van der Waals surface area contributed by atoms with Crippen LogP contribution in [0.3, 0.4) is 0 Å². The zero-order chi connectivity index (χ0) is 17.6. The van der Waals surface area contributed by atoms with E-state index in [9.17, 15) is 4.79 Å². The molecule has 3 N–H and O–H groups in total. The summed E-state index contributed by atoms with van der Waals surface area (Å²) in [6.07, 6.45) is 6.81. The van der Waals surface area contributed by atoms with Gasteiger partial charge in [0.1, 0.15) is 0 Å². The van der Waals surface area contributed by atoms with Crippen LogP contribution in [-0.4, -0.2) is 36.9 Å². The highest BCUT2D eigenvalue weighted by Gasteiger charge is 2.28. The third-order valence-electron chi connectivity index (χ3n) is 5.10. The lowest BCUT2D eigenvalue weighted by atomic mass is 9.89. The molecule has 0 spiro atoms. The van der Waals surface area contributed by atoms with Crippen LogP contribution >= 0.6 is 0 Å². The largest absolute Gasteiger partial charge is 0.396 e. The van der Waals surface area contributed by atoms with Gasteiger partial charge in [-0.15, -0.1) is 0 Å². The lowest BCUT2D eigenvalue weighted by Crippen LogP contribution is -2.44. The second-order valence-electron chi connectivity index (χ2n) is 7.13. The molecule has 0 saturated carbocycles. The van der Waals surface area contributed by atoms with Crippen molar-refractivity contribution in [1.82, 2.24) is 10.6 Å². The first-order valence-electron chi connectivity index (χ1n) is 9.17. The number of urea groups is 1. The van der Waals surface area contributed by atoms with Gasteiger partial charge in [0.05, 0.1) is 6.10 Å². The molecule has 0 aromatic heterocycles. The van der Waals surface area contributed by atoms with Gasteiger partial charge in [0.25, 0.3) is 0 Å². The van der Waals surface area contributed by atoms with Gasteiger partial charge in [-0.05, 0) is 31.7 Å². The van der Waals surface area contributed by atoms with E-state index < -0.39 is 0 Å². The first-order valence-corrected chi connectivity index (χ1v) is 9.17. The lowest BCUT2D eigenvalue weighted by Gasteiger charge is -2.32. The normalized spacial score (nSPS) is 28.7. The van der Waals surface area contributed by atoms with E-state index in [2.05, 4.69) is 41.8 Å². The highest BCUT2D eigenvalue weighted by Crippen LogP contribution is 2.33. The van der Waals surface area contributed by atoms with E-state index >= 15 is 0 Å². The van der Waals surface area contributed by atoms with E-state index in [4.69, 9.17) is 9.84 Å². The number of carbonyl (C=O) groups excluding carboxylic acids is 1. The minimum Gasteiger partial charge on any atom is -0.396 e. The van der Waals surface area contributed by atoms with Gasteiger partial charge >= 0.3 is 6.03 Å². The van der Waals surface area contributed by atoms with E-state index in [1.165, 1.54) is 11.1 Å². The Hall–Kier alpha value is -1.85. The number of amides is 2. The second-order valence-corrected chi connectivity index (χ2v) is 7.13. The molecule has 1 fully saturated rings. The number of carbonyl (C=O) groups is 1. The standard InChI is InChI=1S/C20H28N2O3/c1-14-4-7-16(8-5-14)19-17(3-2-10-25-19)12-21-20(24)22-18-9-6-15(11-18)13-23/h4-9,15,17-19,23H,2-3,10-13H2,1H3,(H2,21,22,24)/t15-,17+,18+,19-/m0/s1. The number of hydrogen-bond acceptors (Lipinski definition) is 3. The van der Waals surface area contributed by atoms with Crippen LogP contribution in [0.5, 0.6) is 0 Å². The monoisotopic (exact) mass is 344 g/mol. The first kappa shape index (κ1) is 18.0. The second kappa shape index (κ2) is 8.50. The van der Waals surface area contributed by atoms with Crippen molar-refractivity contribution >= 4 is 6.03 Å². The van der Waals surface area contributed by atoms with Crippen molar-refractivity contribution in [2.24, 2.45) is 11.8 Å².